The van der Waals surface area contributed by atoms with Gasteiger partial charge in [-0.1, -0.05) is 32.0 Å². The molecule has 0 saturated carbocycles. The molecule has 3 heterocycles. The third-order valence-electron chi connectivity index (χ3n) is 7.36. The van der Waals surface area contributed by atoms with Crippen LogP contribution in [-0.2, 0) is 6.42 Å². The Labute approximate surface area is 224 Å². The van der Waals surface area contributed by atoms with Crippen LogP contribution in [0.5, 0.6) is 0 Å². The zero-order valence-electron chi connectivity index (χ0n) is 22.3. The summed E-state index contributed by atoms with van der Waals surface area (Å²) in [6.45, 7) is 7.63. The van der Waals surface area contributed by atoms with Crippen molar-refractivity contribution in [2.24, 2.45) is 5.92 Å². The van der Waals surface area contributed by atoms with E-state index in [0.717, 1.165) is 35.9 Å². The van der Waals surface area contributed by atoms with Gasteiger partial charge in [-0.25, -0.2) is 0 Å². The van der Waals surface area contributed by atoms with Gasteiger partial charge in [-0.15, -0.1) is 0 Å². The Balaban J connectivity index is 1.23. The fourth-order valence-electron chi connectivity index (χ4n) is 5.14. The largest absolute Gasteiger partial charge is 0.339 e. The lowest BCUT2D eigenvalue weighted by molar-refractivity contribution is 0.0712. The van der Waals surface area contributed by atoms with E-state index in [-0.39, 0.29) is 11.8 Å². The summed E-state index contributed by atoms with van der Waals surface area (Å²) >= 11 is 0. The third-order valence-corrected chi connectivity index (χ3v) is 7.36. The van der Waals surface area contributed by atoms with Gasteiger partial charge in [-0.2, -0.15) is 0 Å². The predicted octanol–water partition coefficient (Wildman–Crippen LogP) is 6.41. The number of aryl methyl sites for hydroxylation is 1. The van der Waals surface area contributed by atoms with Crippen molar-refractivity contribution < 1.29 is 9.59 Å². The van der Waals surface area contributed by atoms with Gasteiger partial charge < -0.3 is 10.2 Å². The van der Waals surface area contributed by atoms with Gasteiger partial charge in [0.1, 0.15) is 0 Å². The van der Waals surface area contributed by atoms with Crippen LogP contribution in [0, 0.1) is 12.8 Å². The van der Waals surface area contributed by atoms with Crippen LogP contribution in [0.25, 0.3) is 10.8 Å². The second-order valence-electron chi connectivity index (χ2n) is 10.7. The summed E-state index contributed by atoms with van der Waals surface area (Å²) in [4.78, 5) is 36.8. The van der Waals surface area contributed by atoms with Gasteiger partial charge in [0.25, 0.3) is 11.8 Å². The highest BCUT2D eigenvalue weighted by Gasteiger charge is 2.25. The van der Waals surface area contributed by atoms with E-state index in [4.69, 9.17) is 0 Å². The Hall–Kier alpha value is -4.06. The number of anilines is 1. The summed E-state index contributed by atoms with van der Waals surface area (Å²) in [5, 5.41) is 5.32. The molecular formula is C32H34N4O2. The molecule has 38 heavy (non-hydrogen) atoms. The number of aromatic nitrogens is 2. The summed E-state index contributed by atoms with van der Waals surface area (Å²) in [6, 6.07) is 17.8. The van der Waals surface area contributed by atoms with Gasteiger partial charge in [0.05, 0.1) is 5.56 Å². The van der Waals surface area contributed by atoms with Crippen molar-refractivity contribution in [2.75, 3.05) is 18.4 Å². The maximum Gasteiger partial charge on any atom is 0.257 e. The molecule has 1 saturated heterocycles. The average Bonchev–Trinajstić information content (AvgIpc) is 2.93. The monoisotopic (exact) mass is 506 g/mol. The summed E-state index contributed by atoms with van der Waals surface area (Å²) in [5.74, 6) is 0.707. The lowest BCUT2D eigenvalue weighted by atomic mass is 9.88. The SMILES string of the molecule is Cc1ccc(C(=O)N2CCC(c3ccc4ccncc4c3)CC2)cc1NC(=O)c1ccc(CC(C)C)nc1. The van der Waals surface area contributed by atoms with E-state index in [1.54, 1.807) is 18.3 Å². The lowest BCUT2D eigenvalue weighted by Crippen LogP contribution is -2.38. The molecule has 1 N–H and O–H groups in total. The number of carbonyl (C=O) groups is 2. The molecule has 0 bridgehead atoms. The predicted molar refractivity (Wildman–Crippen MR) is 152 cm³/mol. The number of hydrogen-bond acceptors (Lipinski definition) is 4. The smallest absolute Gasteiger partial charge is 0.257 e. The Kier molecular flexibility index (Phi) is 7.50. The van der Waals surface area contributed by atoms with Gasteiger partial charge in [0, 0.05) is 54.0 Å². The maximum absolute atomic E-state index is 13.4. The minimum atomic E-state index is -0.229. The molecule has 0 atom stereocenters. The zero-order chi connectivity index (χ0) is 26.6. The molecule has 1 aliphatic rings. The number of rotatable bonds is 6. The number of nitrogens with one attached hydrogen (secondary N) is 1. The molecule has 5 rings (SSSR count). The molecule has 194 valence electrons. The molecule has 4 aromatic rings. The van der Waals surface area contributed by atoms with Gasteiger partial charge >= 0.3 is 0 Å². The molecular weight excluding hydrogens is 472 g/mol. The second-order valence-corrected chi connectivity index (χ2v) is 10.7. The number of carbonyl (C=O) groups excluding carboxylic acids is 2. The summed E-state index contributed by atoms with van der Waals surface area (Å²) in [5.41, 5.74) is 4.92. The minimum Gasteiger partial charge on any atom is -0.339 e. The maximum atomic E-state index is 13.4. The molecule has 2 aromatic carbocycles. The van der Waals surface area contributed by atoms with Crippen molar-refractivity contribution in [2.45, 2.75) is 46.0 Å². The van der Waals surface area contributed by atoms with Gasteiger partial charge in [0.2, 0.25) is 0 Å². The van der Waals surface area contributed by atoms with E-state index >= 15 is 0 Å². The third kappa shape index (κ3) is 5.75. The first-order chi connectivity index (χ1) is 18.4. The lowest BCUT2D eigenvalue weighted by Gasteiger charge is -2.32. The summed E-state index contributed by atoms with van der Waals surface area (Å²) < 4.78 is 0. The van der Waals surface area contributed by atoms with Crippen LogP contribution in [0.15, 0.2) is 73.2 Å². The Morgan fingerprint density at radius 2 is 1.74 bits per heavy atom. The quantitative estimate of drug-likeness (QED) is 0.328. The van der Waals surface area contributed by atoms with Crippen LogP contribution >= 0.6 is 0 Å². The Morgan fingerprint density at radius 1 is 0.947 bits per heavy atom. The molecule has 0 spiro atoms. The first-order valence-electron chi connectivity index (χ1n) is 13.4. The Morgan fingerprint density at radius 3 is 2.47 bits per heavy atom. The van der Waals surface area contributed by atoms with Crippen LogP contribution in [0.1, 0.15) is 70.1 Å². The number of nitrogens with zero attached hydrogens (tertiary/aromatic N) is 3. The van der Waals surface area contributed by atoms with E-state index in [2.05, 4.69) is 47.3 Å². The number of amides is 2. The number of benzene rings is 2. The highest BCUT2D eigenvalue weighted by atomic mass is 16.2. The highest BCUT2D eigenvalue weighted by molar-refractivity contribution is 6.05. The number of hydrogen-bond donors (Lipinski definition) is 1. The van der Waals surface area contributed by atoms with Crippen LogP contribution in [0.4, 0.5) is 5.69 Å². The fraction of sp³-hybridized carbons (Fsp3) is 0.312. The number of pyridine rings is 2. The van der Waals surface area contributed by atoms with Crippen molar-refractivity contribution in [3.05, 3.63) is 101 Å². The first-order valence-corrected chi connectivity index (χ1v) is 13.4. The van der Waals surface area contributed by atoms with Gasteiger partial charge in [-0.05, 0) is 90.9 Å². The van der Waals surface area contributed by atoms with Gasteiger partial charge in [0.15, 0.2) is 0 Å². The van der Waals surface area contributed by atoms with Crippen molar-refractivity contribution >= 4 is 28.3 Å². The topological polar surface area (TPSA) is 75.2 Å². The Bertz CT molecular complexity index is 1450. The van der Waals surface area contributed by atoms with Crippen LogP contribution < -0.4 is 5.32 Å². The second kappa shape index (κ2) is 11.1. The molecule has 2 amide bonds. The minimum absolute atomic E-state index is 0.00126. The van der Waals surface area contributed by atoms with E-state index in [1.807, 2.05) is 48.5 Å². The molecule has 1 fully saturated rings. The van der Waals surface area contributed by atoms with Crippen LogP contribution in [0.3, 0.4) is 0 Å². The number of fused-ring (bicyclic) bond motifs is 1. The van der Waals surface area contributed by atoms with E-state index < -0.39 is 0 Å². The van der Waals surface area contributed by atoms with Crippen molar-refractivity contribution in [3.63, 3.8) is 0 Å². The molecule has 0 aliphatic carbocycles. The van der Waals surface area contributed by atoms with E-state index in [1.165, 1.54) is 10.9 Å². The summed E-state index contributed by atoms with van der Waals surface area (Å²) in [6.07, 6.45) is 8.06. The van der Waals surface area contributed by atoms with E-state index in [9.17, 15) is 9.59 Å². The van der Waals surface area contributed by atoms with Crippen LogP contribution in [0.2, 0.25) is 0 Å². The molecule has 1 aliphatic heterocycles. The standard InChI is InChI=1S/C32H34N4O2/c1-21(2)16-29-9-8-27(20-34-29)31(37)35-30-18-26(5-4-22(30)3)32(38)36-14-11-24(12-15-36)25-7-6-23-10-13-33-19-28(23)17-25/h4-10,13,17-21,24H,11-12,14-16H2,1-3H3,(H,35,37). The van der Waals surface area contributed by atoms with E-state index in [0.29, 0.717) is 41.7 Å². The van der Waals surface area contributed by atoms with Crippen molar-refractivity contribution in [1.29, 1.82) is 0 Å². The molecule has 6 heteroatoms. The summed E-state index contributed by atoms with van der Waals surface area (Å²) in [7, 11) is 0. The molecule has 0 radical (unpaired) electrons. The van der Waals surface area contributed by atoms with Gasteiger partial charge in [-0.3, -0.25) is 19.6 Å². The number of likely N-dealkylation sites (tertiary alicyclic amines) is 1. The zero-order valence-corrected chi connectivity index (χ0v) is 22.3. The van der Waals surface area contributed by atoms with Crippen molar-refractivity contribution in [3.8, 4) is 0 Å². The first kappa shape index (κ1) is 25.6. The normalized spacial score (nSPS) is 14.2. The molecule has 0 unspecified atom stereocenters. The highest BCUT2D eigenvalue weighted by Crippen LogP contribution is 2.31. The fourth-order valence-corrected chi connectivity index (χ4v) is 5.14. The average molecular weight is 507 g/mol. The van der Waals surface area contributed by atoms with Crippen molar-refractivity contribution in [1.82, 2.24) is 14.9 Å². The molecule has 2 aromatic heterocycles. The molecule has 6 nitrogen and oxygen atoms in total. The van der Waals surface area contributed by atoms with Crippen LogP contribution in [-0.4, -0.2) is 39.8 Å². The number of piperidine rings is 1.